The minimum absolute atomic E-state index is 0.0826. The van der Waals surface area contributed by atoms with E-state index in [4.69, 9.17) is 14.5 Å². The Morgan fingerprint density at radius 1 is 1.27 bits per heavy atom. The van der Waals surface area contributed by atoms with Crippen LogP contribution < -0.4 is 10.1 Å². The van der Waals surface area contributed by atoms with E-state index in [2.05, 4.69) is 17.2 Å². The summed E-state index contributed by atoms with van der Waals surface area (Å²) < 4.78 is 38.4. The van der Waals surface area contributed by atoms with E-state index in [9.17, 15) is 13.6 Å². The van der Waals surface area contributed by atoms with Crippen LogP contribution in [0.5, 0.6) is 5.75 Å². The Balaban J connectivity index is 1.62. The number of nitrogens with zero attached hydrogens (tertiary/aromatic N) is 3. The molecule has 0 atom stereocenters. The number of aromatic nitrogens is 3. The van der Waals surface area contributed by atoms with Gasteiger partial charge in [-0.15, -0.1) is 0 Å². The molecule has 1 aliphatic carbocycles. The number of fused-ring (bicyclic) bond motifs is 1. The van der Waals surface area contributed by atoms with E-state index >= 15 is 0 Å². The van der Waals surface area contributed by atoms with Gasteiger partial charge in [0.05, 0.1) is 24.6 Å². The van der Waals surface area contributed by atoms with Crippen molar-refractivity contribution >= 4 is 17.2 Å². The number of carbonyl (C=O) groups excluding carboxylic acids is 1. The highest BCUT2D eigenvalue weighted by molar-refractivity contribution is 6.03. The van der Waals surface area contributed by atoms with Gasteiger partial charge in [-0.05, 0) is 25.0 Å². The molecule has 1 N–H and O–H groups in total. The molecule has 1 amide bonds. The van der Waals surface area contributed by atoms with Gasteiger partial charge in [0.1, 0.15) is 11.4 Å². The van der Waals surface area contributed by atoms with Crippen molar-refractivity contribution in [1.82, 2.24) is 14.4 Å². The van der Waals surface area contributed by atoms with Crippen LogP contribution in [0.3, 0.4) is 0 Å². The largest absolute Gasteiger partial charge is 0.493 e. The van der Waals surface area contributed by atoms with E-state index in [0.717, 1.165) is 18.5 Å². The van der Waals surface area contributed by atoms with Crippen molar-refractivity contribution in [1.29, 1.82) is 0 Å². The third-order valence-electron chi connectivity index (χ3n) is 5.53. The number of ether oxygens (including phenoxy) is 2. The molecule has 30 heavy (non-hydrogen) atoms. The number of anilines is 1. The predicted octanol–water partition coefficient (Wildman–Crippen LogP) is 3.99. The Bertz CT molecular complexity index is 1090. The number of nitrogens with one attached hydrogen (secondary N) is 1. The van der Waals surface area contributed by atoms with Gasteiger partial charge in [0.2, 0.25) is 0 Å². The normalized spacial score (nSPS) is 20.9. The quantitative estimate of drug-likeness (QED) is 0.657. The van der Waals surface area contributed by atoms with E-state index < -0.39 is 18.0 Å². The highest BCUT2D eigenvalue weighted by atomic mass is 19.3. The zero-order valence-corrected chi connectivity index (χ0v) is 16.9. The number of carbonyl (C=O) groups is 1. The molecule has 3 heterocycles. The molecule has 1 fully saturated rings. The van der Waals surface area contributed by atoms with Crippen molar-refractivity contribution in [3.63, 3.8) is 0 Å². The molecule has 7 nitrogen and oxygen atoms in total. The number of pyridine rings is 2. The number of amides is 1. The lowest BCUT2D eigenvalue weighted by molar-refractivity contribution is -0.0126. The molecule has 1 aliphatic rings. The van der Waals surface area contributed by atoms with Gasteiger partial charge in [-0.25, -0.2) is 18.7 Å². The summed E-state index contributed by atoms with van der Waals surface area (Å²) in [5, 5.41) is 2.69. The van der Waals surface area contributed by atoms with E-state index in [-0.39, 0.29) is 17.2 Å². The lowest BCUT2D eigenvalue weighted by atomic mass is 9.66. The average molecular weight is 416 g/mol. The summed E-state index contributed by atoms with van der Waals surface area (Å²) in [4.78, 5) is 21.0. The van der Waals surface area contributed by atoms with Gasteiger partial charge in [-0.3, -0.25) is 4.79 Å². The van der Waals surface area contributed by atoms with Crippen LogP contribution in [0.2, 0.25) is 0 Å². The summed E-state index contributed by atoms with van der Waals surface area (Å²) in [6, 6.07) is 5.58. The summed E-state index contributed by atoms with van der Waals surface area (Å²) in [6.45, 7) is 2.14. The van der Waals surface area contributed by atoms with Crippen LogP contribution in [0.15, 0.2) is 36.7 Å². The Morgan fingerprint density at radius 2 is 2.03 bits per heavy atom. The summed E-state index contributed by atoms with van der Waals surface area (Å²) in [6.07, 6.45) is 2.86. The Kier molecular flexibility index (Phi) is 5.15. The van der Waals surface area contributed by atoms with Gasteiger partial charge in [-0.1, -0.05) is 13.0 Å². The molecule has 3 aromatic rings. The molecule has 0 spiro atoms. The van der Waals surface area contributed by atoms with Gasteiger partial charge >= 0.3 is 0 Å². The van der Waals surface area contributed by atoms with Gasteiger partial charge in [0.25, 0.3) is 12.3 Å². The molecule has 1 saturated carbocycles. The number of rotatable bonds is 6. The zero-order chi connectivity index (χ0) is 21.5. The van der Waals surface area contributed by atoms with Gasteiger partial charge in [0.15, 0.2) is 11.4 Å². The second-order valence-corrected chi connectivity index (χ2v) is 7.68. The average Bonchev–Trinajstić information content (AvgIpc) is 3.15. The molecule has 0 bridgehead atoms. The number of imidazole rings is 1. The maximum absolute atomic E-state index is 12.9. The Hall–Kier alpha value is -3.07. The van der Waals surface area contributed by atoms with E-state index in [0.29, 0.717) is 17.1 Å². The number of halogens is 2. The molecular weight excluding hydrogens is 394 g/mol. The fourth-order valence-corrected chi connectivity index (χ4v) is 3.79. The van der Waals surface area contributed by atoms with Crippen molar-refractivity contribution in [3.05, 3.63) is 53.7 Å². The first-order chi connectivity index (χ1) is 14.3. The topological polar surface area (TPSA) is 77.8 Å². The number of alkyl halides is 2. The highest BCUT2D eigenvalue weighted by Crippen LogP contribution is 2.44. The molecule has 3 aromatic heterocycles. The van der Waals surface area contributed by atoms with Crippen molar-refractivity contribution in [2.75, 3.05) is 19.5 Å². The van der Waals surface area contributed by atoms with Crippen LogP contribution in [0.1, 0.15) is 48.1 Å². The van der Waals surface area contributed by atoms with E-state index in [1.165, 1.54) is 25.3 Å². The fourth-order valence-electron chi connectivity index (χ4n) is 3.79. The van der Waals surface area contributed by atoms with E-state index in [1.807, 2.05) is 6.20 Å². The van der Waals surface area contributed by atoms with Crippen molar-refractivity contribution in [2.24, 2.45) is 0 Å². The van der Waals surface area contributed by atoms with Crippen LogP contribution in [-0.2, 0) is 10.2 Å². The summed E-state index contributed by atoms with van der Waals surface area (Å²) >= 11 is 0. The third-order valence-corrected chi connectivity index (χ3v) is 5.53. The van der Waals surface area contributed by atoms with Crippen LogP contribution in [0.4, 0.5) is 14.5 Å². The van der Waals surface area contributed by atoms with Gasteiger partial charge in [-0.2, -0.15) is 0 Å². The van der Waals surface area contributed by atoms with Crippen LogP contribution in [0.25, 0.3) is 5.65 Å². The van der Waals surface area contributed by atoms with Crippen molar-refractivity contribution < 1.29 is 23.0 Å². The minimum atomic E-state index is -2.75. The SMILES string of the molecule is COc1cc(NC(=O)c2cccc(C(F)F)n2)cn2cc(C3(C)CC(OC)C3)nc12. The third kappa shape index (κ3) is 3.60. The predicted molar refractivity (Wildman–Crippen MR) is 106 cm³/mol. The number of hydrogen-bond acceptors (Lipinski definition) is 5. The van der Waals surface area contributed by atoms with Gasteiger partial charge < -0.3 is 19.2 Å². The standard InChI is InChI=1S/C21H22F2N4O3/c1-21(8-13(9-21)29-2)17-11-27-10-12(7-16(30-3)19(27)26-17)24-20(28)15-6-4-5-14(25-15)18(22)23/h4-7,10-11,13,18H,8-9H2,1-3H3,(H,24,28). The maximum Gasteiger partial charge on any atom is 0.280 e. The smallest absolute Gasteiger partial charge is 0.280 e. The maximum atomic E-state index is 12.9. The molecule has 0 radical (unpaired) electrons. The second kappa shape index (κ2) is 7.64. The molecule has 158 valence electrons. The zero-order valence-electron chi connectivity index (χ0n) is 16.9. The molecule has 0 aliphatic heterocycles. The molecule has 0 aromatic carbocycles. The fraction of sp³-hybridized carbons (Fsp3) is 0.381. The second-order valence-electron chi connectivity index (χ2n) is 7.68. The summed E-state index contributed by atoms with van der Waals surface area (Å²) in [5.74, 6) is -0.104. The first-order valence-electron chi connectivity index (χ1n) is 9.49. The van der Waals surface area contributed by atoms with E-state index in [1.54, 1.807) is 23.8 Å². The first-order valence-corrected chi connectivity index (χ1v) is 9.49. The highest BCUT2D eigenvalue weighted by Gasteiger charge is 2.43. The van der Waals surface area contributed by atoms with Crippen LogP contribution >= 0.6 is 0 Å². The lowest BCUT2D eigenvalue weighted by Gasteiger charge is -2.43. The summed E-state index contributed by atoms with van der Waals surface area (Å²) in [5.41, 5.74) is 1.37. The molecule has 0 saturated heterocycles. The monoisotopic (exact) mass is 416 g/mol. The van der Waals surface area contributed by atoms with Crippen molar-refractivity contribution in [3.8, 4) is 5.75 Å². The summed E-state index contributed by atoms with van der Waals surface area (Å²) in [7, 11) is 3.23. The Labute approximate surface area is 172 Å². The molecule has 4 rings (SSSR count). The number of hydrogen-bond donors (Lipinski definition) is 1. The lowest BCUT2D eigenvalue weighted by Crippen LogP contribution is -2.43. The van der Waals surface area contributed by atoms with Gasteiger partial charge in [0, 0.05) is 31.0 Å². The first kappa shape index (κ1) is 20.2. The molecule has 9 heteroatoms. The van der Waals surface area contributed by atoms with Crippen LogP contribution in [-0.4, -0.2) is 40.6 Å². The molecule has 0 unspecified atom stereocenters. The Morgan fingerprint density at radius 3 is 2.70 bits per heavy atom. The van der Waals surface area contributed by atoms with Crippen LogP contribution in [0, 0.1) is 0 Å². The molecular formula is C21H22F2N4O3. The number of methoxy groups -OCH3 is 2. The van der Waals surface area contributed by atoms with Crippen molar-refractivity contribution in [2.45, 2.75) is 37.7 Å². The minimum Gasteiger partial charge on any atom is -0.493 e.